The molecule has 0 saturated carbocycles. The molecule has 1 heterocycles. The van der Waals surface area contributed by atoms with Crippen LogP contribution in [0.5, 0.6) is 5.75 Å². The molecule has 3 rings (SSSR count). The molecular formula is C17H14O2S. The number of phenols is 1. The zero-order valence-electron chi connectivity index (χ0n) is 10.9. The lowest BCUT2D eigenvalue weighted by Gasteiger charge is -2.08. The Labute approximate surface area is 121 Å². The maximum absolute atomic E-state index is 12.1. The average Bonchev–Trinajstić information content (AvgIpc) is 3.00. The van der Waals surface area contributed by atoms with Crippen molar-refractivity contribution >= 4 is 27.9 Å². The maximum atomic E-state index is 12.1. The van der Waals surface area contributed by atoms with Crippen molar-refractivity contribution in [1.82, 2.24) is 0 Å². The molecule has 3 aromatic rings. The van der Waals surface area contributed by atoms with Gasteiger partial charge in [-0.15, -0.1) is 11.3 Å². The summed E-state index contributed by atoms with van der Waals surface area (Å²) in [7, 11) is 0. The van der Waals surface area contributed by atoms with Gasteiger partial charge in [-0.2, -0.15) is 0 Å². The Morgan fingerprint density at radius 3 is 2.70 bits per heavy atom. The van der Waals surface area contributed by atoms with Crippen LogP contribution in [0.3, 0.4) is 0 Å². The van der Waals surface area contributed by atoms with Crippen LogP contribution in [0.25, 0.3) is 10.8 Å². The Morgan fingerprint density at radius 2 is 1.90 bits per heavy atom. The predicted octanol–water partition coefficient (Wildman–Crippen LogP) is 4.42. The van der Waals surface area contributed by atoms with Crippen LogP contribution in [0.1, 0.15) is 21.7 Å². The van der Waals surface area contributed by atoms with E-state index in [1.54, 1.807) is 6.07 Å². The van der Waals surface area contributed by atoms with E-state index < -0.39 is 0 Å². The normalized spacial score (nSPS) is 10.8. The van der Waals surface area contributed by atoms with Crippen LogP contribution >= 0.6 is 11.3 Å². The van der Waals surface area contributed by atoms with Gasteiger partial charge in [-0.05, 0) is 34.7 Å². The number of thiophene rings is 1. The summed E-state index contributed by atoms with van der Waals surface area (Å²) in [6.45, 7) is 0. The van der Waals surface area contributed by atoms with Gasteiger partial charge in [-0.25, -0.2) is 0 Å². The minimum absolute atomic E-state index is 0.132. The molecule has 1 N–H and O–H groups in total. The van der Waals surface area contributed by atoms with Crippen molar-refractivity contribution in [3.63, 3.8) is 0 Å². The standard InChI is InChI=1S/C17H14O2S/c18-15-9-7-12-4-1-2-5-13(12)14(15)8-10-16(19)17-6-3-11-20-17/h1-7,9,11,18H,8,10H2. The van der Waals surface area contributed by atoms with Crippen LogP contribution in [0, 0.1) is 0 Å². The van der Waals surface area contributed by atoms with E-state index in [0.29, 0.717) is 12.8 Å². The molecule has 0 atom stereocenters. The summed E-state index contributed by atoms with van der Waals surface area (Å²) in [5.74, 6) is 0.398. The maximum Gasteiger partial charge on any atom is 0.173 e. The molecule has 2 nitrogen and oxygen atoms in total. The van der Waals surface area contributed by atoms with E-state index in [0.717, 1.165) is 21.2 Å². The minimum Gasteiger partial charge on any atom is -0.508 e. The van der Waals surface area contributed by atoms with Crippen molar-refractivity contribution < 1.29 is 9.90 Å². The highest BCUT2D eigenvalue weighted by Gasteiger charge is 2.11. The van der Waals surface area contributed by atoms with Gasteiger partial charge < -0.3 is 5.11 Å². The first kappa shape index (κ1) is 12.9. The van der Waals surface area contributed by atoms with Gasteiger partial charge in [0.15, 0.2) is 5.78 Å². The number of phenolic OH excluding ortho intramolecular Hbond substituents is 1. The van der Waals surface area contributed by atoms with E-state index in [2.05, 4.69) is 0 Å². The van der Waals surface area contributed by atoms with E-state index in [9.17, 15) is 9.90 Å². The number of rotatable bonds is 4. The van der Waals surface area contributed by atoms with Gasteiger partial charge >= 0.3 is 0 Å². The smallest absolute Gasteiger partial charge is 0.173 e. The Hall–Kier alpha value is -2.13. The Morgan fingerprint density at radius 1 is 1.05 bits per heavy atom. The minimum atomic E-state index is 0.132. The first-order valence-electron chi connectivity index (χ1n) is 6.52. The fraction of sp³-hybridized carbons (Fsp3) is 0.118. The van der Waals surface area contributed by atoms with E-state index >= 15 is 0 Å². The number of hydrogen-bond donors (Lipinski definition) is 1. The highest BCUT2D eigenvalue weighted by atomic mass is 32.1. The van der Waals surface area contributed by atoms with Crippen molar-refractivity contribution in [2.24, 2.45) is 0 Å². The van der Waals surface area contributed by atoms with Crippen molar-refractivity contribution in [3.8, 4) is 5.75 Å². The molecule has 0 aliphatic carbocycles. The SMILES string of the molecule is O=C(CCc1c(O)ccc2ccccc12)c1cccs1. The summed E-state index contributed by atoms with van der Waals surface area (Å²) < 4.78 is 0. The molecule has 0 radical (unpaired) electrons. The lowest BCUT2D eigenvalue weighted by molar-refractivity contribution is 0.0987. The van der Waals surface area contributed by atoms with E-state index in [-0.39, 0.29) is 11.5 Å². The number of hydrogen-bond acceptors (Lipinski definition) is 3. The lowest BCUT2D eigenvalue weighted by atomic mass is 9.98. The topological polar surface area (TPSA) is 37.3 Å². The highest BCUT2D eigenvalue weighted by molar-refractivity contribution is 7.12. The number of ketones is 1. The van der Waals surface area contributed by atoms with Crippen molar-refractivity contribution in [1.29, 1.82) is 0 Å². The molecule has 2 aromatic carbocycles. The summed E-state index contributed by atoms with van der Waals surface area (Å²) in [5, 5.41) is 14.1. The van der Waals surface area contributed by atoms with Gasteiger partial charge in [0, 0.05) is 12.0 Å². The monoisotopic (exact) mass is 282 g/mol. The number of aryl methyl sites for hydroxylation is 1. The van der Waals surface area contributed by atoms with Crippen molar-refractivity contribution in [3.05, 3.63) is 64.4 Å². The van der Waals surface area contributed by atoms with Gasteiger partial charge in [0.25, 0.3) is 0 Å². The Kier molecular flexibility index (Phi) is 3.52. The van der Waals surface area contributed by atoms with Crippen LogP contribution in [0.2, 0.25) is 0 Å². The molecule has 0 aliphatic heterocycles. The van der Waals surface area contributed by atoms with Gasteiger partial charge in [-0.3, -0.25) is 4.79 Å². The molecule has 0 aliphatic rings. The van der Waals surface area contributed by atoms with Crippen LogP contribution in [-0.4, -0.2) is 10.9 Å². The second-order valence-corrected chi connectivity index (χ2v) is 5.63. The molecule has 100 valence electrons. The highest BCUT2D eigenvalue weighted by Crippen LogP contribution is 2.28. The molecule has 0 spiro atoms. The molecule has 0 amide bonds. The quantitative estimate of drug-likeness (QED) is 0.719. The lowest BCUT2D eigenvalue weighted by Crippen LogP contribution is -1.99. The summed E-state index contributed by atoms with van der Waals surface area (Å²) >= 11 is 1.46. The molecule has 0 bridgehead atoms. The number of carbonyl (C=O) groups excluding carboxylic acids is 1. The van der Waals surface area contributed by atoms with E-state index in [1.165, 1.54) is 11.3 Å². The van der Waals surface area contributed by atoms with Crippen molar-refractivity contribution in [2.75, 3.05) is 0 Å². The van der Waals surface area contributed by atoms with Crippen LogP contribution < -0.4 is 0 Å². The van der Waals surface area contributed by atoms with E-state index in [4.69, 9.17) is 0 Å². The zero-order chi connectivity index (χ0) is 13.9. The number of Topliss-reactive ketones (excluding diaryl/α,β-unsaturated/α-hetero) is 1. The number of fused-ring (bicyclic) bond motifs is 1. The first-order valence-corrected chi connectivity index (χ1v) is 7.40. The van der Waals surface area contributed by atoms with Gasteiger partial charge in [-0.1, -0.05) is 36.4 Å². The second-order valence-electron chi connectivity index (χ2n) is 4.68. The van der Waals surface area contributed by atoms with Gasteiger partial charge in [0.1, 0.15) is 5.75 Å². The summed E-state index contributed by atoms with van der Waals surface area (Å²) in [6.07, 6.45) is 0.978. The largest absolute Gasteiger partial charge is 0.508 e. The molecule has 0 fully saturated rings. The van der Waals surface area contributed by atoms with E-state index in [1.807, 2.05) is 47.8 Å². The third-order valence-corrected chi connectivity index (χ3v) is 4.32. The fourth-order valence-electron chi connectivity index (χ4n) is 2.39. The average molecular weight is 282 g/mol. The second kappa shape index (κ2) is 5.47. The van der Waals surface area contributed by atoms with Gasteiger partial charge in [0.05, 0.1) is 4.88 Å². The zero-order valence-corrected chi connectivity index (χ0v) is 11.7. The number of carbonyl (C=O) groups is 1. The van der Waals surface area contributed by atoms with Crippen molar-refractivity contribution in [2.45, 2.75) is 12.8 Å². The summed E-state index contributed by atoms with van der Waals surface area (Å²) in [6, 6.07) is 15.2. The van der Waals surface area contributed by atoms with Crippen LogP contribution in [0.15, 0.2) is 53.9 Å². The third kappa shape index (κ3) is 2.45. The predicted molar refractivity (Wildman–Crippen MR) is 82.6 cm³/mol. The van der Waals surface area contributed by atoms with Crippen LogP contribution in [-0.2, 0) is 6.42 Å². The number of aromatic hydroxyl groups is 1. The Bertz CT molecular complexity index is 745. The number of benzene rings is 2. The fourth-order valence-corrected chi connectivity index (χ4v) is 3.08. The molecule has 0 saturated heterocycles. The molecule has 20 heavy (non-hydrogen) atoms. The third-order valence-electron chi connectivity index (χ3n) is 3.41. The van der Waals surface area contributed by atoms with Gasteiger partial charge in [0.2, 0.25) is 0 Å². The summed E-state index contributed by atoms with van der Waals surface area (Å²) in [4.78, 5) is 12.8. The first-order chi connectivity index (χ1) is 9.75. The molecule has 0 unspecified atom stereocenters. The molecular weight excluding hydrogens is 268 g/mol. The molecule has 1 aromatic heterocycles. The summed E-state index contributed by atoms with van der Waals surface area (Å²) in [5.41, 5.74) is 0.855. The molecule has 3 heteroatoms. The Balaban J connectivity index is 1.87. The van der Waals surface area contributed by atoms with Crippen LogP contribution in [0.4, 0.5) is 0 Å².